The lowest BCUT2D eigenvalue weighted by Crippen LogP contribution is -2.12. The zero-order valence-electron chi connectivity index (χ0n) is 11.1. The van der Waals surface area contributed by atoms with Crippen LogP contribution in [0.2, 0.25) is 0 Å². The number of benzene rings is 1. The SMILES string of the molecule is COC(=O)/C(=C/Nc1ccccc1SC)n1cncn1. The molecule has 1 heterocycles. The quantitative estimate of drug-likeness (QED) is 0.516. The van der Waals surface area contributed by atoms with Crippen LogP contribution in [0.4, 0.5) is 5.69 Å². The Hall–Kier alpha value is -2.28. The Morgan fingerprint density at radius 1 is 1.45 bits per heavy atom. The third-order valence-electron chi connectivity index (χ3n) is 2.53. The lowest BCUT2D eigenvalue weighted by molar-refractivity contribution is -0.134. The number of anilines is 1. The maximum absolute atomic E-state index is 11.8. The smallest absolute Gasteiger partial charge is 0.358 e. The minimum atomic E-state index is -0.496. The van der Waals surface area contributed by atoms with Crippen molar-refractivity contribution in [1.82, 2.24) is 14.8 Å². The first-order valence-electron chi connectivity index (χ1n) is 5.79. The Bertz CT molecular complexity index is 611. The molecule has 7 heteroatoms. The molecule has 0 bridgehead atoms. The fraction of sp³-hybridized carbons (Fsp3) is 0.154. The van der Waals surface area contributed by atoms with E-state index < -0.39 is 5.97 Å². The molecule has 0 spiro atoms. The molecule has 0 aliphatic heterocycles. The second kappa shape index (κ2) is 6.76. The molecule has 2 rings (SSSR count). The molecule has 0 aliphatic carbocycles. The fourth-order valence-corrected chi connectivity index (χ4v) is 2.13. The van der Waals surface area contributed by atoms with Gasteiger partial charge < -0.3 is 10.1 Å². The summed E-state index contributed by atoms with van der Waals surface area (Å²) < 4.78 is 6.09. The molecular formula is C13H14N4O2S. The highest BCUT2D eigenvalue weighted by molar-refractivity contribution is 7.98. The maximum Gasteiger partial charge on any atom is 0.358 e. The van der Waals surface area contributed by atoms with Crippen molar-refractivity contribution in [2.24, 2.45) is 0 Å². The Morgan fingerprint density at radius 2 is 2.25 bits per heavy atom. The number of ether oxygens (including phenoxy) is 1. The van der Waals surface area contributed by atoms with Crippen LogP contribution in [0.15, 0.2) is 48.0 Å². The predicted octanol–water partition coefficient (Wildman–Crippen LogP) is 2.08. The van der Waals surface area contributed by atoms with Gasteiger partial charge in [0.1, 0.15) is 12.7 Å². The number of hydrogen-bond donors (Lipinski definition) is 1. The zero-order valence-corrected chi connectivity index (χ0v) is 11.9. The summed E-state index contributed by atoms with van der Waals surface area (Å²) in [5.74, 6) is -0.496. The maximum atomic E-state index is 11.8. The second-order valence-electron chi connectivity index (χ2n) is 3.71. The molecule has 104 valence electrons. The summed E-state index contributed by atoms with van der Waals surface area (Å²) in [7, 11) is 1.32. The van der Waals surface area contributed by atoms with Crippen molar-refractivity contribution in [3.05, 3.63) is 43.1 Å². The third kappa shape index (κ3) is 3.18. The first kappa shape index (κ1) is 14.1. The fourth-order valence-electron chi connectivity index (χ4n) is 1.57. The van der Waals surface area contributed by atoms with Crippen molar-refractivity contribution in [2.45, 2.75) is 4.90 Å². The van der Waals surface area contributed by atoms with Gasteiger partial charge in [-0.3, -0.25) is 0 Å². The first-order chi connectivity index (χ1) is 9.76. The van der Waals surface area contributed by atoms with Crippen LogP contribution in [0.5, 0.6) is 0 Å². The van der Waals surface area contributed by atoms with E-state index in [9.17, 15) is 4.79 Å². The van der Waals surface area contributed by atoms with Crippen molar-refractivity contribution >= 4 is 29.1 Å². The number of nitrogens with one attached hydrogen (secondary N) is 1. The lowest BCUT2D eigenvalue weighted by atomic mass is 10.3. The molecule has 2 aromatic rings. The Labute approximate surface area is 120 Å². The molecule has 20 heavy (non-hydrogen) atoms. The van der Waals surface area contributed by atoms with Crippen LogP contribution in [0, 0.1) is 0 Å². The van der Waals surface area contributed by atoms with E-state index in [1.807, 2.05) is 30.5 Å². The Morgan fingerprint density at radius 3 is 2.90 bits per heavy atom. The lowest BCUT2D eigenvalue weighted by Gasteiger charge is -2.09. The summed E-state index contributed by atoms with van der Waals surface area (Å²) in [5, 5.41) is 7.03. The largest absolute Gasteiger partial charge is 0.464 e. The molecule has 0 saturated heterocycles. The van der Waals surface area contributed by atoms with E-state index in [1.54, 1.807) is 18.0 Å². The molecule has 0 atom stereocenters. The van der Waals surface area contributed by atoms with Gasteiger partial charge >= 0.3 is 5.97 Å². The monoisotopic (exact) mass is 290 g/mol. The van der Waals surface area contributed by atoms with Crippen molar-refractivity contribution in [2.75, 3.05) is 18.7 Å². The molecule has 1 aromatic carbocycles. The third-order valence-corrected chi connectivity index (χ3v) is 3.33. The molecule has 0 aliphatic rings. The number of methoxy groups -OCH3 is 1. The zero-order chi connectivity index (χ0) is 14.4. The van der Waals surface area contributed by atoms with E-state index in [4.69, 9.17) is 4.74 Å². The number of carbonyl (C=O) groups is 1. The molecule has 1 N–H and O–H groups in total. The van der Waals surface area contributed by atoms with Crippen LogP contribution < -0.4 is 5.32 Å². The van der Waals surface area contributed by atoms with E-state index in [0.29, 0.717) is 0 Å². The van der Waals surface area contributed by atoms with E-state index in [1.165, 1.54) is 24.4 Å². The van der Waals surface area contributed by atoms with Crippen LogP contribution in [-0.4, -0.2) is 34.1 Å². The van der Waals surface area contributed by atoms with Gasteiger partial charge in [-0.25, -0.2) is 14.5 Å². The minimum Gasteiger partial charge on any atom is -0.464 e. The summed E-state index contributed by atoms with van der Waals surface area (Å²) in [6, 6.07) is 7.80. The number of esters is 1. The summed E-state index contributed by atoms with van der Waals surface area (Å²) in [4.78, 5) is 16.7. The number of thioether (sulfide) groups is 1. The standard InChI is InChI=1S/C13H14N4O2S/c1-19-13(18)11(17-9-14-8-16-17)7-15-10-5-3-4-6-12(10)20-2/h3-9,15H,1-2H3/b11-7-. The van der Waals surface area contributed by atoms with Gasteiger partial charge in [-0.05, 0) is 18.4 Å². The van der Waals surface area contributed by atoms with Crippen LogP contribution in [0.25, 0.3) is 5.70 Å². The van der Waals surface area contributed by atoms with E-state index in [2.05, 4.69) is 15.4 Å². The van der Waals surface area contributed by atoms with Gasteiger partial charge in [0.2, 0.25) is 0 Å². The van der Waals surface area contributed by atoms with Gasteiger partial charge in [-0.1, -0.05) is 12.1 Å². The van der Waals surface area contributed by atoms with Gasteiger partial charge in [-0.2, -0.15) is 5.10 Å². The molecule has 0 radical (unpaired) electrons. The van der Waals surface area contributed by atoms with E-state index in [0.717, 1.165) is 10.6 Å². The Balaban J connectivity index is 2.28. The summed E-state index contributed by atoms with van der Waals surface area (Å²) >= 11 is 1.62. The summed E-state index contributed by atoms with van der Waals surface area (Å²) in [6.45, 7) is 0. The van der Waals surface area contributed by atoms with Crippen LogP contribution in [0.3, 0.4) is 0 Å². The topological polar surface area (TPSA) is 69.0 Å². The number of para-hydroxylation sites is 1. The van der Waals surface area contributed by atoms with Gasteiger partial charge in [0, 0.05) is 11.1 Å². The minimum absolute atomic E-state index is 0.251. The molecule has 0 saturated carbocycles. The molecular weight excluding hydrogens is 276 g/mol. The average molecular weight is 290 g/mol. The van der Waals surface area contributed by atoms with Crippen LogP contribution in [0.1, 0.15) is 0 Å². The molecule has 6 nitrogen and oxygen atoms in total. The van der Waals surface area contributed by atoms with E-state index in [-0.39, 0.29) is 5.70 Å². The average Bonchev–Trinajstić information content (AvgIpc) is 3.01. The van der Waals surface area contributed by atoms with Crippen LogP contribution in [-0.2, 0) is 9.53 Å². The highest BCUT2D eigenvalue weighted by Gasteiger charge is 2.13. The van der Waals surface area contributed by atoms with Crippen molar-refractivity contribution < 1.29 is 9.53 Å². The Kier molecular flexibility index (Phi) is 4.78. The van der Waals surface area contributed by atoms with Crippen molar-refractivity contribution in [3.63, 3.8) is 0 Å². The number of carbonyl (C=O) groups excluding carboxylic acids is 1. The van der Waals surface area contributed by atoms with Gasteiger partial charge in [0.05, 0.1) is 12.8 Å². The van der Waals surface area contributed by atoms with Crippen LogP contribution >= 0.6 is 11.8 Å². The summed E-state index contributed by atoms with van der Waals surface area (Å²) in [5.41, 5.74) is 1.16. The highest BCUT2D eigenvalue weighted by atomic mass is 32.2. The number of nitrogens with zero attached hydrogens (tertiary/aromatic N) is 3. The van der Waals surface area contributed by atoms with Gasteiger partial charge in [0.25, 0.3) is 0 Å². The van der Waals surface area contributed by atoms with E-state index >= 15 is 0 Å². The molecule has 0 fully saturated rings. The van der Waals surface area contributed by atoms with Gasteiger partial charge in [-0.15, -0.1) is 11.8 Å². The van der Waals surface area contributed by atoms with Crippen molar-refractivity contribution in [1.29, 1.82) is 0 Å². The second-order valence-corrected chi connectivity index (χ2v) is 4.55. The summed E-state index contributed by atoms with van der Waals surface area (Å²) in [6.07, 6.45) is 6.33. The number of aromatic nitrogens is 3. The molecule has 0 unspecified atom stereocenters. The van der Waals surface area contributed by atoms with Gasteiger partial charge in [0.15, 0.2) is 5.70 Å². The normalized spacial score (nSPS) is 11.2. The first-order valence-corrected chi connectivity index (χ1v) is 7.01. The highest BCUT2D eigenvalue weighted by Crippen LogP contribution is 2.24. The molecule has 1 aromatic heterocycles. The van der Waals surface area contributed by atoms with Crippen molar-refractivity contribution in [3.8, 4) is 0 Å². The number of hydrogen-bond acceptors (Lipinski definition) is 6. The molecule has 0 amide bonds. The number of rotatable bonds is 5. The predicted molar refractivity (Wildman–Crippen MR) is 78.2 cm³/mol.